The zero-order valence-electron chi connectivity index (χ0n) is 12.2. The van der Waals surface area contributed by atoms with Crippen LogP contribution in [0.5, 0.6) is 0 Å². The fourth-order valence-corrected chi connectivity index (χ4v) is 2.69. The molecule has 1 aromatic heterocycles. The molecular weight excluding hydrogens is 252 g/mol. The van der Waals surface area contributed by atoms with E-state index in [0.717, 1.165) is 50.6 Å². The molecule has 1 N–H and O–H groups in total. The standard InChI is InChI=1S/C15H24N4O/c1-2-20-14-4-3-7-19(11-14)15-10-16-8-13(18-15)9-17-12-5-6-12/h8,10,12,14,17H,2-7,9,11H2,1H3. The molecule has 1 saturated heterocycles. The molecule has 1 aromatic rings. The summed E-state index contributed by atoms with van der Waals surface area (Å²) in [6.07, 6.45) is 8.99. The lowest BCUT2D eigenvalue weighted by Crippen LogP contribution is -2.40. The maximum Gasteiger partial charge on any atom is 0.147 e. The number of nitrogens with zero attached hydrogens (tertiary/aromatic N) is 3. The summed E-state index contributed by atoms with van der Waals surface area (Å²) >= 11 is 0. The summed E-state index contributed by atoms with van der Waals surface area (Å²) in [5.74, 6) is 0.990. The topological polar surface area (TPSA) is 50.3 Å². The molecule has 0 aromatic carbocycles. The Hall–Kier alpha value is -1.20. The van der Waals surface area contributed by atoms with Crippen LogP contribution in [0.25, 0.3) is 0 Å². The lowest BCUT2D eigenvalue weighted by atomic mass is 10.1. The van der Waals surface area contributed by atoms with E-state index in [1.54, 1.807) is 0 Å². The SMILES string of the molecule is CCOC1CCCN(c2cncc(CNC3CC3)n2)C1. The van der Waals surface area contributed by atoms with Crippen molar-refractivity contribution < 1.29 is 4.74 Å². The van der Waals surface area contributed by atoms with Crippen LogP contribution in [0.4, 0.5) is 5.82 Å². The van der Waals surface area contributed by atoms with Crippen molar-refractivity contribution in [3.8, 4) is 0 Å². The highest BCUT2D eigenvalue weighted by Gasteiger charge is 2.22. The van der Waals surface area contributed by atoms with Crippen molar-refractivity contribution in [1.29, 1.82) is 0 Å². The average Bonchev–Trinajstić information content (AvgIpc) is 3.30. The van der Waals surface area contributed by atoms with Crippen molar-refractivity contribution in [2.75, 3.05) is 24.6 Å². The summed E-state index contributed by atoms with van der Waals surface area (Å²) < 4.78 is 5.75. The Bertz CT molecular complexity index is 434. The highest BCUT2D eigenvalue weighted by atomic mass is 16.5. The van der Waals surface area contributed by atoms with Gasteiger partial charge < -0.3 is 15.0 Å². The minimum atomic E-state index is 0.337. The van der Waals surface area contributed by atoms with Gasteiger partial charge in [-0.1, -0.05) is 0 Å². The van der Waals surface area contributed by atoms with Crippen molar-refractivity contribution in [1.82, 2.24) is 15.3 Å². The number of hydrogen-bond acceptors (Lipinski definition) is 5. The molecule has 2 fully saturated rings. The first kappa shape index (κ1) is 13.8. The van der Waals surface area contributed by atoms with Crippen LogP contribution in [-0.4, -0.2) is 41.8 Å². The molecule has 1 atom stereocenters. The van der Waals surface area contributed by atoms with Crippen LogP contribution in [0, 0.1) is 0 Å². The molecule has 0 radical (unpaired) electrons. The second kappa shape index (κ2) is 6.50. The number of hydrogen-bond donors (Lipinski definition) is 1. The maximum atomic E-state index is 5.75. The van der Waals surface area contributed by atoms with Crippen LogP contribution in [-0.2, 0) is 11.3 Å². The fraction of sp³-hybridized carbons (Fsp3) is 0.733. The van der Waals surface area contributed by atoms with Crippen molar-refractivity contribution in [2.24, 2.45) is 0 Å². The Morgan fingerprint density at radius 2 is 2.25 bits per heavy atom. The van der Waals surface area contributed by atoms with Gasteiger partial charge in [0, 0.05) is 38.5 Å². The predicted molar refractivity (Wildman–Crippen MR) is 78.8 cm³/mol. The molecule has 1 unspecified atom stereocenters. The number of nitrogens with one attached hydrogen (secondary N) is 1. The second-order valence-corrected chi connectivity index (χ2v) is 5.69. The summed E-state index contributed by atoms with van der Waals surface area (Å²) in [4.78, 5) is 11.4. The van der Waals surface area contributed by atoms with Gasteiger partial charge in [0.1, 0.15) is 5.82 Å². The van der Waals surface area contributed by atoms with E-state index in [1.165, 1.54) is 12.8 Å². The third-order valence-corrected chi connectivity index (χ3v) is 3.93. The van der Waals surface area contributed by atoms with Gasteiger partial charge in [-0.15, -0.1) is 0 Å². The van der Waals surface area contributed by atoms with E-state index in [-0.39, 0.29) is 0 Å². The van der Waals surface area contributed by atoms with E-state index >= 15 is 0 Å². The second-order valence-electron chi connectivity index (χ2n) is 5.69. The molecular formula is C15H24N4O. The molecule has 5 nitrogen and oxygen atoms in total. The first-order valence-electron chi connectivity index (χ1n) is 7.76. The monoisotopic (exact) mass is 276 g/mol. The minimum Gasteiger partial charge on any atom is -0.377 e. The van der Waals surface area contributed by atoms with Crippen molar-refractivity contribution in [3.63, 3.8) is 0 Å². The quantitative estimate of drug-likeness (QED) is 0.857. The Kier molecular flexibility index (Phi) is 4.47. The summed E-state index contributed by atoms with van der Waals surface area (Å²) in [6.45, 7) is 5.66. The number of aromatic nitrogens is 2. The first-order valence-corrected chi connectivity index (χ1v) is 7.76. The van der Waals surface area contributed by atoms with Gasteiger partial charge in [0.05, 0.1) is 18.0 Å². The smallest absolute Gasteiger partial charge is 0.147 e. The molecule has 3 rings (SSSR count). The third kappa shape index (κ3) is 3.67. The van der Waals surface area contributed by atoms with Gasteiger partial charge in [-0.3, -0.25) is 4.98 Å². The van der Waals surface area contributed by atoms with Crippen LogP contribution in [0.3, 0.4) is 0 Å². The van der Waals surface area contributed by atoms with E-state index in [4.69, 9.17) is 9.72 Å². The van der Waals surface area contributed by atoms with E-state index in [9.17, 15) is 0 Å². The first-order chi connectivity index (χ1) is 9.85. The molecule has 0 amide bonds. The van der Waals surface area contributed by atoms with E-state index in [0.29, 0.717) is 12.1 Å². The average molecular weight is 276 g/mol. The van der Waals surface area contributed by atoms with Crippen LogP contribution in [0.1, 0.15) is 38.3 Å². The number of anilines is 1. The minimum absolute atomic E-state index is 0.337. The summed E-state index contributed by atoms with van der Waals surface area (Å²) in [7, 11) is 0. The summed E-state index contributed by atoms with van der Waals surface area (Å²) in [6, 6.07) is 0.706. The summed E-state index contributed by atoms with van der Waals surface area (Å²) in [5, 5.41) is 3.49. The molecule has 1 aliphatic carbocycles. The molecule has 1 saturated carbocycles. The normalized spacial score (nSPS) is 23.1. The largest absolute Gasteiger partial charge is 0.377 e. The van der Waals surface area contributed by atoms with Gasteiger partial charge in [0.25, 0.3) is 0 Å². The Morgan fingerprint density at radius 1 is 1.35 bits per heavy atom. The van der Waals surface area contributed by atoms with Gasteiger partial charge in [-0.05, 0) is 32.6 Å². The lowest BCUT2D eigenvalue weighted by Gasteiger charge is -2.33. The van der Waals surface area contributed by atoms with E-state index < -0.39 is 0 Å². The highest BCUT2D eigenvalue weighted by molar-refractivity contribution is 5.37. The lowest BCUT2D eigenvalue weighted by molar-refractivity contribution is 0.0525. The van der Waals surface area contributed by atoms with Crippen LogP contribution >= 0.6 is 0 Å². The Labute approximate surface area is 120 Å². The molecule has 0 spiro atoms. The van der Waals surface area contributed by atoms with Gasteiger partial charge in [0.2, 0.25) is 0 Å². The van der Waals surface area contributed by atoms with Crippen LogP contribution in [0.2, 0.25) is 0 Å². The molecule has 0 bridgehead atoms. The van der Waals surface area contributed by atoms with Crippen LogP contribution in [0.15, 0.2) is 12.4 Å². The van der Waals surface area contributed by atoms with Crippen molar-refractivity contribution >= 4 is 5.82 Å². The number of ether oxygens (including phenoxy) is 1. The molecule has 2 aliphatic rings. The van der Waals surface area contributed by atoms with Gasteiger partial charge >= 0.3 is 0 Å². The molecule has 110 valence electrons. The van der Waals surface area contributed by atoms with E-state index in [1.807, 2.05) is 12.4 Å². The zero-order chi connectivity index (χ0) is 13.8. The van der Waals surface area contributed by atoms with Gasteiger partial charge in [-0.2, -0.15) is 0 Å². The Morgan fingerprint density at radius 3 is 3.05 bits per heavy atom. The highest BCUT2D eigenvalue weighted by Crippen LogP contribution is 2.21. The fourth-order valence-electron chi connectivity index (χ4n) is 2.69. The van der Waals surface area contributed by atoms with Crippen molar-refractivity contribution in [3.05, 3.63) is 18.1 Å². The predicted octanol–water partition coefficient (Wildman–Crippen LogP) is 1.73. The molecule has 5 heteroatoms. The van der Waals surface area contributed by atoms with Gasteiger partial charge in [-0.25, -0.2) is 4.98 Å². The Balaban J connectivity index is 1.61. The maximum absolute atomic E-state index is 5.75. The van der Waals surface area contributed by atoms with Gasteiger partial charge in [0.15, 0.2) is 0 Å². The summed E-state index contributed by atoms with van der Waals surface area (Å²) in [5.41, 5.74) is 1.04. The number of piperidine rings is 1. The molecule has 1 aliphatic heterocycles. The molecule has 2 heterocycles. The van der Waals surface area contributed by atoms with Crippen molar-refractivity contribution in [2.45, 2.75) is 51.3 Å². The van der Waals surface area contributed by atoms with Crippen LogP contribution < -0.4 is 10.2 Å². The number of rotatable bonds is 6. The molecule has 20 heavy (non-hydrogen) atoms. The third-order valence-electron chi connectivity index (χ3n) is 3.93. The van der Waals surface area contributed by atoms with E-state index in [2.05, 4.69) is 22.1 Å². The zero-order valence-corrected chi connectivity index (χ0v) is 12.2.